The lowest BCUT2D eigenvalue weighted by atomic mass is 10.3. The average molecular weight is 437 g/mol. The van der Waals surface area contributed by atoms with E-state index in [1.807, 2.05) is 31.2 Å². The molecule has 0 N–H and O–H groups in total. The molecule has 0 aliphatic rings. The molecule has 8 heteroatoms. The first-order valence-electron chi connectivity index (χ1n) is 6.89. The molecular formula is C15H15F3IN3O. The Morgan fingerprint density at radius 3 is 2.43 bits per heavy atom. The highest BCUT2D eigenvalue weighted by molar-refractivity contribution is 14.1. The van der Waals surface area contributed by atoms with Gasteiger partial charge in [0.2, 0.25) is 11.8 Å². The summed E-state index contributed by atoms with van der Waals surface area (Å²) in [5.74, 6) is -0.299. The number of aromatic nitrogens is 2. The third kappa shape index (κ3) is 4.46. The Hall–Kier alpha value is -1.58. The molecule has 4 nitrogen and oxygen atoms in total. The van der Waals surface area contributed by atoms with Gasteiger partial charge in [-0.25, -0.2) is 4.98 Å². The van der Waals surface area contributed by atoms with Gasteiger partial charge in [0.1, 0.15) is 5.56 Å². The molecule has 23 heavy (non-hydrogen) atoms. The zero-order valence-corrected chi connectivity index (χ0v) is 14.7. The number of nitrogens with zero attached hydrogens (tertiary/aromatic N) is 3. The van der Waals surface area contributed by atoms with Gasteiger partial charge >= 0.3 is 6.18 Å². The highest BCUT2D eigenvalue weighted by Crippen LogP contribution is 2.36. The van der Waals surface area contributed by atoms with E-state index in [2.05, 4.69) is 32.6 Å². The van der Waals surface area contributed by atoms with E-state index in [0.717, 1.165) is 15.5 Å². The zero-order valence-electron chi connectivity index (χ0n) is 12.6. The third-order valence-corrected chi connectivity index (χ3v) is 3.72. The second kappa shape index (κ2) is 7.33. The smallest absolute Gasteiger partial charge is 0.423 e. The van der Waals surface area contributed by atoms with Crippen LogP contribution in [0, 0.1) is 3.57 Å². The van der Waals surface area contributed by atoms with Gasteiger partial charge in [0.15, 0.2) is 0 Å². The summed E-state index contributed by atoms with van der Waals surface area (Å²) < 4.78 is 45.2. The molecule has 1 aromatic carbocycles. The number of hydrogen-bond donors (Lipinski definition) is 0. The molecule has 0 aliphatic heterocycles. The van der Waals surface area contributed by atoms with Gasteiger partial charge in [-0.05, 0) is 53.3 Å². The van der Waals surface area contributed by atoms with Gasteiger partial charge in [0.05, 0.1) is 6.61 Å². The van der Waals surface area contributed by atoms with Crippen molar-refractivity contribution >= 4 is 34.2 Å². The van der Waals surface area contributed by atoms with Crippen LogP contribution in [0.2, 0.25) is 0 Å². The molecule has 0 fully saturated rings. The van der Waals surface area contributed by atoms with Crippen molar-refractivity contribution in [3.63, 3.8) is 0 Å². The number of ether oxygens (including phenoxy) is 1. The fraction of sp³-hybridized carbons (Fsp3) is 0.333. The molecule has 124 valence electrons. The molecule has 2 aromatic rings. The molecule has 0 spiro atoms. The van der Waals surface area contributed by atoms with Gasteiger partial charge in [-0.2, -0.15) is 18.2 Å². The fourth-order valence-electron chi connectivity index (χ4n) is 1.80. The summed E-state index contributed by atoms with van der Waals surface area (Å²) in [6, 6.07) is 7.47. The number of halogens is 4. The van der Waals surface area contributed by atoms with Crippen molar-refractivity contribution in [1.29, 1.82) is 0 Å². The maximum absolute atomic E-state index is 13.0. The van der Waals surface area contributed by atoms with Gasteiger partial charge in [0, 0.05) is 22.5 Å². The van der Waals surface area contributed by atoms with Crippen molar-refractivity contribution in [2.75, 3.05) is 18.6 Å². The van der Waals surface area contributed by atoms with Crippen LogP contribution in [-0.4, -0.2) is 23.6 Å². The topological polar surface area (TPSA) is 38.2 Å². The lowest BCUT2D eigenvalue weighted by molar-refractivity contribution is -0.139. The summed E-state index contributed by atoms with van der Waals surface area (Å²) in [7, 11) is 1.69. The summed E-state index contributed by atoms with van der Waals surface area (Å²) in [5.41, 5.74) is -0.197. The minimum Gasteiger partial charge on any atom is -0.477 e. The zero-order chi connectivity index (χ0) is 17.0. The van der Waals surface area contributed by atoms with Crippen molar-refractivity contribution in [2.24, 2.45) is 0 Å². The molecule has 0 saturated carbocycles. The number of hydrogen-bond acceptors (Lipinski definition) is 4. The summed E-state index contributed by atoms with van der Waals surface area (Å²) in [6.45, 7) is 1.97. The van der Waals surface area contributed by atoms with Crippen LogP contribution in [0.4, 0.5) is 24.8 Å². The second-order valence-corrected chi connectivity index (χ2v) is 6.02. The van der Waals surface area contributed by atoms with Crippen molar-refractivity contribution in [1.82, 2.24) is 9.97 Å². The number of alkyl halides is 3. The predicted molar refractivity (Wildman–Crippen MR) is 90.0 cm³/mol. The molecule has 0 amide bonds. The SMILES string of the molecule is CCCOc1nc(N(C)c2ccc(I)cc2)ncc1C(F)(F)F. The number of benzene rings is 1. The lowest BCUT2D eigenvalue weighted by Crippen LogP contribution is -2.17. The first-order chi connectivity index (χ1) is 10.8. The van der Waals surface area contributed by atoms with Gasteiger partial charge in [0.25, 0.3) is 0 Å². The Bertz CT molecular complexity index is 662. The van der Waals surface area contributed by atoms with Gasteiger partial charge in [-0.1, -0.05) is 6.92 Å². The summed E-state index contributed by atoms with van der Waals surface area (Å²) in [5, 5.41) is 0. The quantitative estimate of drug-likeness (QED) is 0.639. The van der Waals surface area contributed by atoms with E-state index in [0.29, 0.717) is 6.42 Å². The number of anilines is 2. The normalized spacial score (nSPS) is 11.4. The standard InChI is InChI=1S/C15H15F3IN3O/c1-3-8-23-13-12(15(16,17)18)9-20-14(21-13)22(2)11-6-4-10(19)5-7-11/h4-7,9H,3,8H2,1-2H3. The van der Waals surface area contributed by atoms with Crippen molar-refractivity contribution < 1.29 is 17.9 Å². The first-order valence-corrected chi connectivity index (χ1v) is 7.97. The van der Waals surface area contributed by atoms with Crippen molar-refractivity contribution in [3.8, 4) is 5.88 Å². The Labute approximate surface area is 145 Å². The molecule has 0 unspecified atom stereocenters. The molecule has 2 rings (SSSR count). The Kier molecular flexibility index (Phi) is 5.66. The fourth-order valence-corrected chi connectivity index (χ4v) is 2.16. The first kappa shape index (κ1) is 17.8. The second-order valence-electron chi connectivity index (χ2n) is 4.77. The van der Waals surface area contributed by atoms with E-state index >= 15 is 0 Å². The maximum atomic E-state index is 13.0. The molecule has 1 heterocycles. The van der Waals surface area contributed by atoms with E-state index in [1.54, 1.807) is 11.9 Å². The van der Waals surface area contributed by atoms with Crippen LogP contribution in [0.5, 0.6) is 5.88 Å². The highest BCUT2D eigenvalue weighted by Gasteiger charge is 2.36. The highest BCUT2D eigenvalue weighted by atomic mass is 127. The number of rotatable bonds is 5. The van der Waals surface area contributed by atoms with E-state index in [1.165, 1.54) is 0 Å². The van der Waals surface area contributed by atoms with Crippen molar-refractivity contribution in [3.05, 3.63) is 39.6 Å². The summed E-state index contributed by atoms with van der Waals surface area (Å²) in [6.07, 6.45) is -3.21. The Balaban J connectivity index is 2.37. The minimum absolute atomic E-state index is 0.144. The monoisotopic (exact) mass is 437 g/mol. The van der Waals surface area contributed by atoms with Crippen LogP contribution < -0.4 is 9.64 Å². The molecule has 0 bridgehead atoms. The van der Waals surface area contributed by atoms with Crippen LogP contribution in [0.15, 0.2) is 30.5 Å². The molecule has 1 aromatic heterocycles. The van der Waals surface area contributed by atoms with Crippen LogP contribution in [0.3, 0.4) is 0 Å². The van der Waals surface area contributed by atoms with E-state index in [9.17, 15) is 13.2 Å². The third-order valence-electron chi connectivity index (χ3n) is 3.00. The van der Waals surface area contributed by atoms with E-state index in [4.69, 9.17) is 4.74 Å². The van der Waals surface area contributed by atoms with Crippen LogP contribution in [0.1, 0.15) is 18.9 Å². The molecular weight excluding hydrogens is 422 g/mol. The minimum atomic E-state index is -4.55. The lowest BCUT2D eigenvalue weighted by Gasteiger charge is -2.19. The van der Waals surface area contributed by atoms with E-state index in [-0.39, 0.29) is 12.6 Å². The van der Waals surface area contributed by atoms with Crippen molar-refractivity contribution in [2.45, 2.75) is 19.5 Å². The van der Waals surface area contributed by atoms with Crippen LogP contribution in [-0.2, 0) is 6.18 Å². The largest absolute Gasteiger partial charge is 0.477 e. The Morgan fingerprint density at radius 1 is 1.22 bits per heavy atom. The maximum Gasteiger partial charge on any atom is 0.423 e. The van der Waals surface area contributed by atoms with Crippen LogP contribution in [0.25, 0.3) is 0 Å². The van der Waals surface area contributed by atoms with Gasteiger partial charge < -0.3 is 9.64 Å². The Morgan fingerprint density at radius 2 is 1.87 bits per heavy atom. The predicted octanol–water partition coefficient (Wildman–Crippen LogP) is 4.66. The summed E-state index contributed by atoms with van der Waals surface area (Å²) in [4.78, 5) is 9.38. The molecule has 0 atom stereocenters. The van der Waals surface area contributed by atoms with Crippen LogP contribution >= 0.6 is 22.6 Å². The molecule has 0 aliphatic carbocycles. The average Bonchev–Trinajstić information content (AvgIpc) is 2.51. The summed E-state index contributed by atoms with van der Waals surface area (Å²) >= 11 is 2.17. The van der Waals surface area contributed by atoms with Gasteiger partial charge in [-0.15, -0.1) is 0 Å². The van der Waals surface area contributed by atoms with Gasteiger partial charge in [-0.3, -0.25) is 0 Å². The van der Waals surface area contributed by atoms with E-state index < -0.39 is 17.6 Å². The molecule has 0 radical (unpaired) electrons. The molecule has 0 saturated heterocycles.